The lowest BCUT2D eigenvalue weighted by atomic mass is 10.2. The van der Waals surface area contributed by atoms with Gasteiger partial charge in [0.15, 0.2) is 0 Å². The second-order valence-corrected chi connectivity index (χ2v) is 6.13. The van der Waals surface area contributed by atoms with Crippen molar-refractivity contribution in [3.63, 3.8) is 0 Å². The summed E-state index contributed by atoms with van der Waals surface area (Å²) in [6.45, 7) is 8.41. The number of nitrogens with one attached hydrogen (secondary N) is 1. The summed E-state index contributed by atoms with van der Waals surface area (Å²) in [4.78, 5) is 0. The molecule has 0 radical (unpaired) electrons. The summed E-state index contributed by atoms with van der Waals surface area (Å²) < 4.78 is 2.96. The van der Waals surface area contributed by atoms with Gasteiger partial charge in [-0.25, -0.2) is 4.68 Å². The number of hydrogen-bond donors (Lipinski definition) is 1. The van der Waals surface area contributed by atoms with E-state index in [9.17, 15) is 0 Å². The molecule has 0 aliphatic carbocycles. The first-order valence-corrected chi connectivity index (χ1v) is 7.36. The van der Waals surface area contributed by atoms with E-state index in [2.05, 4.69) is 58.4 Å². The predicted molar refractivity (Wildman–Crippen MR) is 82.5 cm³/mol. The summed E-state index contributed by atoms with van der Waals surface area (Å²) >= 11 is 3.63. The van der Waals surface area contributed by atoms with Crippen LogP contribution < -0.4 is 5.32 Å². The first-order chi connectivity index (χ1) is 9.06. The standard InChI is InChI=1S/C15H20BrN3/c1-11(2)7-17-9-13-4-5-15(14(16)6-13)19-10-12(3)8-18-19/h4-6,8,10-11,17H,7,9H2,1-3H3. The second-order valence-electron chi connectivity index (χ2n) is 5.27. The number of aromatic nitrogens is 2. The van der Waals surface area contributed by atoms with Gasteiger partial charge in [0.25, 0.3) is 0 Å². The number of halogens is 1. The zero-order chi connectivity index (χ0) is 13.8. The third-order valence-electron chi connectivity index (χ3n) is 2.85. The van der Waals surface area contributed by atoms with Crippen LogP contribution in [-0.4, -0.2) is 16.3 Å². The molecule has 0 fully saturated rings. The first-order valence-electron chi connectivity index (χ1n) is 6.57. The van der Waals surface area contributed by atoms with Crippen molar-refractivity contribution < 1.29 is 0 Å². The van der Waals surface area contributed by atoms with Crippen LogP contribution in [0, 0.1) is 12.8 Å². The number of hydrogen-bond acceptors (Lipinski definition) is 2. The van der Waals surface area contributed by atoms with Crippen LogP contribution in [0.25, 0.3) is 5.69 Å². The fourth-order valence-corrected chi connectivity index (χ4v) is 2.50. The zero-order valence-electron chi connectivity index (χ0n) is 11.7. The zero-order valence-corrected chi connectivity index (χ0v) is 13.2. The molecule has 0 aliphatic rings. The van der Waals surface area contributed by atoms with Gasteiger partial charge in [0.2, 0.25) is 0 Å². The molecule has 0 amide bonds. The van der Waals surface area contributed by atoms with E-state index in [4.69, 9.17) is 0 Å². The van der Waals surface area contributed by atoms with Crippen molar-refractivity contribution >= 4 is 15.9 Å². The van der Waals surface area contributed by atoms with Crippen molar-refractivity contribution in [2.24, 2.45) is 5.92 Å². The van der Waals surface area contributed by atoms with E-state index in [1.165, 1.54) is 5.56 Å². The van der Waals surface area contributed by atoms with Gasteiger partial charge < -0.3 is 5.32 Å². The van der Waals surface area contributed by atoms with Gasteiger partial charge in [-0.15, -0.1) is 0 Å². The van der Waals surface area contributed by atoms with Crippen LogP contribution in [0.5, 0.6) is 0 Å². The van der Waals surface area contributed by atoms with Gasteiger partial charge in [-0.05, 0) is 58.6 Å². The fraction of sp³-hybridized carbons (Fsp3) is 0.400. The molecule has 1 heterocycles. The van der Waals surface area contributed by atoms with Crippen LogP contribution in [-0.2, 0) is 6.54 Å². The summed E-state index contributed by atoms with van der Waals surface area (Å²) in [5.41, 5.74) is 3.51. The topological polar surface area (TPSA) is 29.9 Å². The molecule has 1 aromatic carbocycles. The van der Waals surface area contributed by atoms with E-state index in [0.29, 0.717) is 5.92 Å². The highest BCUT2D eigenvalue weighted by Gasteiger charge is 2.05. The van der Waals surface area contributed by atoms with Crippen molar-refractivity contribution in [2.75, 3.05) is 6.54 Å². The molecule has 0 atom stereocenters. The highest BCUT2D eigenvalue weighted by molar-refractivity contribution is 9.10. The lowest BCUT2D eigenvalue weighted by Crippen LogP contribution is -2.18. The molecule has 0 spiro atoms. The van der Waals surface area contributed by atoms with E-state index in [0.717, 1.165) is 28.8 Å². The SMILES string of the molecule is Cc1cnn(-c2ccc(CNCC(C)C)cc2Br)c1. The Morgan fingerprint density at radius 3 is 2.74 bits per heavy atom. The third kappa shape index (κ3) is 3.91. The molecule has 0 bridgehead atoms. The highest BCUT2D eigenvalue weighted by atomic mass is 79.9. The molecular formula is C15H20BrN3. The number of benzene rings is 1. The predicted octanol–water partition coefficient (Wildman–Crippen LogP) is 3.69. The average Bonchev–Trinajstić information content (AvgIpc) is 2.75. The molecule has 2 rings (SSSR count). The molecule has 102 valence electrons. The molecule has 4 heteroatoms. The molecular weight excluding hydrogens is 302 g/mol. The van der Waals surface area contributed by atoms with Gasteiger partial charge in [0.1, 0.15) is 0 Å². The van der Waals surface area contributed by atoms with Crippen LogP contribution in [0.1, 0.15) is 25.0 Å². The summed E-state index contributed by atoms with van der Waals surface area (Å²) in [5, 5.41) is 7.78. The van der Waals surface area contributed by atoms with Gasteiger partial charge in [-0.3, -0.25) is 0 Å². The van der Waals surface area contributed by atoms with Crippen molar-refractivity contribution in [3.8, 4) is 5.69 Å². The van der Waals surface area contributed by atoms with Gasteiger partial charge >= 0.3 is 0 Å². The van der Waals surface area contributed by atoms with Crippen molar-refractivity contribution in [2.45, 2.75) is 27.3 Å². The minimum absolute atomic E-state index is 0.676. The van der Waals surface area contributed by atoms with E-state index in [1.807, 2.05) is 24.0 Å². The van der Waals surface area contributed by atoms with E-state index in [-0.39, 0.29) is 0 Å². The second kappa shape index (κ2) is 6.35. The summed E-state index contributed by atoms with van der Waals surface area (Å²) in [7, 11) is 0. The van der Waals surface area contributed by atoms with Crippen molar-refractivity contribution in [1.29, 1.82) is 0 Å². The van der Waals surface area contributed by atoms with E-state index < -0.39 is 0 Å². The normalized spacial score (nSPS) is 11.2. The van der Waals surface area contributed by atoms with E-state index in [1.54, 1.807) is 0 Å². The van der Waals surface area contributed by atoms with Gasteiger partial charge in [-0.1, -0.05) is 19.9 Å². The number of nitrogens with zero attached hydrogens (tertiary/aromatic N) is 2. The lowest BCUT2D eigenvalue weighted by Gasteiger charge is -2.10. The Balaban J connectivity index is 2.09. The Labute approximate surface area is 123 Å². The molecule has 2 aromatic rings. The first kappa shape index (κ1) is 14.3. The van der Waals surface area contributed by atoms with Crippen molar-refractivity contribution in [1.82, 2.24) is 15.1 Å². The Morgan fingerprint density at radius 1 is 1.37 bits per heavy atom. The maximum Gasteiger partial charge on any atom is 0.0787 e. The Bertz CT molecular complexity index is 546. The molecule has 3 nitrogen and oxygen atoms in total. The molecule has 0 saturated carbocycles. The maximum absolute atomic E-state index is 4.33. The lowest BCUT2D eigenvalue weighted by molar-refractivity contribution is 0.552. The Hall–Kier alpha value is -1.13. The minimum atomic E-state index is 0.676. The highest BCUT2D eigenvalue weighted by Crippen LogP contribution is 2.22. The molecule has 1 N–H and O–H groups in total. The molecule has 1 aromatic heterocycles. The molecule has 0 saturated heterocycles. The smallest absolute Gasteiger partial charge is 0.0787 e. The minimum Gasteiger partial charge on any atom is -0.312 e. The molecule has 19 heavy (non-hydrogen) atoms. The third-order valence-corrected chi connectivity index (χ3v) is 3.49. The molecule has 0 unspecified atom stereocenters. The molecule has 0 aliphatic heterocycles. The number of aryl methyl sites for hydroxylation is 1. The van der Waals surface area contributed by atoms with E-state index >= 15 is 0 Å². The fourth-order valence-electron chi connectivity index (χ4n) is 1.90. The van der Waals surface area contributed by atoms with Crippen LogP contribution in [0.2, 0.25) is 0 Å². The van der Waals surface area contributed by atoms with Crippen LogP contribution in [0.3, 0.4) is 0 Å². The quantitative estimate of drug-likeness (QED) is 0.910. The maximum atomic E-state index is 4.33. The van der Waals surface area contributed by atoms with Crippen molar-refractivity contribution in [3.05, 3.63) is 46.2 Å². The summed E-state index contributed by atoms with van der Waals surface area (Å²) in [6.07, 6.45) is 3.89. The van der Waals surface area contributed by atoms with Crippen LogP contribution in [0.15, 0.2) is 35.1 Å². The van der Waals surface area contributed by atoms with Gasteiger partial charge in [0, 0.05) is 17.2 Å². The Kier molecular flexibility index (Phi) is 4.77. The largest absolute Gasteiger partial charge is 0.312 e. The monoisotopic (exact) mass is 321 g/mol. The van der Waals surface area contributed by atoms with Crippen LogP contribution in [0.4, 0.5) is 0 Å². The Morgan fingerprint density at radius 2 is 2.16 bits per heavy atom. The summed E-state index contributed by atoms with van der Waals surface area (Å²) in [5.74, 6) is 0.676. The van der Waals surface area contributed by atoms with Gasteiger partial charge in [-0.2, -0.15) is 5.10 Å². The number of rotatable bonds is 5. The van der Waals surface area contributed by atoms with Gasteiger partial charge in [0.05, 0.1) is 11.9 Å². The van der Waals surface area contributed by atoms with Crippen LogP contribution >= 0.6 is 15.9 Å². The summed E-state index contributed by atoms with van der Waals surface area (Å²) in [6, 6.07) is 6.40. The average molecular weight is 322 g/mol.